The lowest BCUT2D eigenvalue weighted by molar-refractivity contribution is -0.141. The summed E-state index contributed by atoms with van der Waals surface area (Å²) in [5, 5.41) is 0. The largest absolute Gasteiger partial charge is 0.439 e. The van der Waals surface area contributed by atoms with E-state index in [0.29, 0.717) is 11.6 Å². The van der Waals surface area contributed by atoms with E-state index in [0.717, 1.165) is 6.26 Å². The van der Waals surface area contributed by atoms with Crippen LogP contribution in [-0.2, 0) is 16.0 Å². The second kappa shape index (κ2) is 6.95. The molecule has 0 aliphatic rings. The minimum Gasteiger partial charge on any atom is -0.439 e. The lowest BCUT2D eigenvalue weighted by atomic mass is 10.2. The topological polar surface area (TPSA) is 82.0 Å². The van der Waals surface area contributed by atoms with Crippen molar-refractivity contribution in [2.75, 3.05) is 6.26 Å². The van der Waals surface area contributed by atoms with Gasteiger partial charge in [-0.25, -0.2) is 13.4 Å². The molecule has 0 fully saturated rings. The fourth-order valence-corrected chi connectivity index (χ4v) is 2.76. The number of aromatic nitrogens is 3. The van der Waals surface area contributed by atoms with E-state index in [1.165, 1.54) is 48.8 Å². The molecule has 0 atom stereocenters. The smallest absolute Gasteiger partial charge is 0.433 e. The van der Waals surface area contributed by atoms with Crippen LogP contribution in [0, 0.1) is 0 Å². The van der Waals surface area contributed by atoms with Gasteiger partial charge in [0, 0.05) is 30.3 Å². The molecule has 27 heavy (non-hydrogen) atoms. The van der Waals surface area contributed by atoms with Gasteiger partial charge >= 0.3 is 6.18 Å². The molecule has 0 amide bonds. The fraction of sp³-hybridized carbons (Fsp3) is 0.118. The van der Waals surface area contributed by atoms with E-state index < -0.39 is 21.7 Å². The van der Waals surface area contributed by atoms with Crippen molar-refractivity contribution in [3.8, 4) is 23.0 Å². The number of hydrogen-bond acceptors (Lipinski definition) is 6. The van der Waals surface area contributed by atoms with Gasteiger partial charge in [-0.2, -0.15) is 18.2 Å². The highest BCUT2D eigenvalue weighted by molar-refractivity contribution is 7.90. The monoisotopic (exact) mass is 395 g/mol. The highest BCUT2D eigenvalue weighted by Gasteiger charge is 2.34. The van der Waals surface area contributed by atoms with Gasteiger partial charge in [0.25, 0.3) is 0 Å². The van der Waals surface area contributed by atoms with E-state index in [1.54, 1.807) is 0 Å². The molecular formula is C17H12F3N3O3S. The zero-order valence-corrected chi connectivity index (χ0v) is 14.6. The van der Waals surface area contributed by atoms with Gasteiger partial charge in [-0.15, -0.1) is 0 Å². The van der Waals surface area contributed by atoms with E-state index in [-0.39, 0.29) is 22.3 Å². The van der Waals surface area contributed by atoms with Crippen molar-refractivity contribution in [1.29, 1.82) is 0 Å². The maximum Gasteiger partial charge on any atom is 0.433 e. The average molecular weight is 395 g/mol. The van der Waals surface area contributed by atoms with Crippen LogP contribution in [0.15, 0.2) is 59.8 Å². The van der Waals surface area contributed by atoms with Crippen molar-refractivity contribution in [3.63, 3.8) is 0 Å². The molecule has 2 aromatic heterocycles. The molecule has 6 nitrogen and oxygen atoms in total. The summed E-state index contributed by atoms with van der Waals surface area (Å²) in [7, 11) is -3.40. The first kappa shape index (κ1) is 18.8. The summed E-state index contributed by atoms with van der Waals surface area (Å²) in [6.07, 6.45) is -0.834. The van der Waals surface area contributed by atoms with Crippen LogP contribution in [0.25, 0.3) is 11.4 Å². The van der Waals surface area contributed by atoms with Crippen LogP contribution in [0.3, 0.4) is 0 Å². The first-order chi connectivity index (χ1) is 12.6. The Morgan fingerprint density at radius 3 is 2.15 bits per heavy atom. The highest BCUT2D eigenvalue weighted by atomic mass is 32.2. The molecule has 0 aliphatic carbocycles. The first-order valence-electron chi connectivity index (χ1n) is 7.47. The van der Waals surface area contributed by atoms with Gasteiger partial charge in [0.1, 0.15) is 5.75 Å². The van der Waals surface area contributed by atoms with Crippen LogP contribution in [0.5, 0.6) is 11.6 Å². The van der Waals surface area contributed by atoms with Crippen LogP contribution in [0.1, 0.15) is 5.69 Å². The summed E-state index contributed by atoms with van der Waals surface area (Å²) in [5.41, 5.74) is -0.819. The van der Waals surface area contributed by atoms with Gasteiger partial charge in [0.15, 0.2) is 21.4 Å². The molecule has 2 heterocycles. The van der Waals surface area contributed by atoms with Gasteiger partial charge in [0.05, 0.1) is 4.90 Å². The molecule has 0 unspecified atom stereocenters. The third-order valence-electron chi connectivity index (χ3n) is 3.41. The lowest BCUT2D eigenvalue weighted by Crippen LogP contribution is -2.10. The zero-order valence-electron chi connectivity index (χ0n) is 13.8. The Hall–Kier alpha value is -3.01. The van der Waals surface area contributed by atoms with Crippen LogP contribution in [0.2, 0.25) is 0 Å². The van der Waals surface area contributed by atoms with E-state index in [9.17, 15) is 21.6 Å². The molecule has 0 spiro atoms. The average Bonchev–Trinajstić information content (AvgIpc) is 2.61. The summed E-state index contributed by atoms with van der Waals surface area (Å²) in [5.74, 6) is -0.360. The Morgan fingerprint density at radius 1 is 0.963 bits per heavy atom. The minimum absolute atomic E-state index is 0.0611. The van der Waals surface area contributed by atoms with Crippen LogP contribution in [-0.4, -0.2) is 29.6 Å². The van der Waals surface area contributed by atoms with Crippen LogP contribution < -0.4 is 4.74 Å². The van der Waals surface area contributed by atoms with Crippen molar-refractivity contribution >= 4 is 9.84 Å². The Kier molecular flexibility index (Phi) is 4.83. The van der Waals surface area contributed by atoms with Crippen molar-refractivity contribution in [2.45, 2.75) is 11.1 Å². The quantitative estimate of drug-likeness (QED) is 0.669. The standard InChI is InChI=1S/C17H12F3N3O3S/c1-27(24,25)13-4-2-12(3-5-13)26-15-10-14(17(18,19)20)22-16(23-15)11-6-8-21-9-7-11/h2-10H,1H3. The molecule has 0 saturated carbocycles. The molecule has 0 radical (unpaired) electrons. The highest BCUT2D eigenvalue weighted by Crippen LogP contribution is 2.32. The third kappa shape index (κ3) is 4.59. The summed E-state index contributed by atoms with van der Waals surface area (Å²) >= 11 is 0. The Labute approximate surface area is 152 Å². The second-order valence-electron chi connectivity index (χ2n) is 5.49. The predicted molar refractivity (Wildman–Crippen MR) is 89.9 cm³/mol. The normalized spacial score (nSPS) is 12.0. The number of ether oxygens (including phenoxy) is 1. The number of alkyl halides is 3. The Bertz CT molecular complexity index is 1050. The SMILES string of the molecule is CS(=O)(=O)c1ccc(Oc2cc(C(F)(F)F)nc(-c3ccncc3)n2)cc1. The molecule has 3 aromatic rings. The predicted octanol–water partition coefficient (Wildman–Crippen LogP) is 3.75. The van der Waals surface area contributed by atoms with Crippen LogP contribution in [0.4, 0.5) is 13.2 Å². The van der Waals surface area contributed by atoms with E-state index >= 15 is 0 Å². The number of rotatable bonds is 4. The van der Waals surface area contributed by atoms with Gasteiger partial charge < -0.3 is 4.74 Å². The molecule has 1 aromatic carbocycles. The number of sulfone groups is 1. The number of pyridine rings is 1. The summed E-state index contributed by atoms with van der Waals surface area (Å²) in [6, 6.07) is 8.87. The molecule has 0 aliphatic heterocycles. The number of halogens is 3. The molecule has 0 N–H and O–H groups in total. The molecule has 10 heteroatoms. The number of benzene rings is 1. The molecule has 3 rings (SSSR count). The van der Waals surface area contributed by atoms with Crippen molar-refractivity contribution < 1.29 is 26.3 Å². The lowest BCUT2D eigenvalue weighted by Gasteiger charge is -2.11. The van der Waals surface area contributed by atoms with Crippen molar-refractivity contribution in [1.82, 2.24) is 15.0 Å². The van der Waals surface area contributed by atoms with E-state index in [1.807, 2.05) is 0 Å². The van der Waals surface area contributed by atoms with E-state index in [4.69, 9.17) is 4.74 Å². The van der Waals surface area contributed by atoms with Crippen LogP contribution >= 0.6 is 0 Å². The Morgan fingerprint density at radius 2 is 1.59 bits per heavy atom. The molecule has 0 saturated heterocycles. The van der Waals surface area contributed by atoms with Gasteiger partial charge in [-0.3, -0.25) is 4.98 Å². The summed E-state index contributed by atoms with van der Waals surface area (Å²) < 4.78 is 67.8. The third-order valence-corrected chi connectivity index (χ3v) is 4.53. The summed E-state index contributed by atoms with van der Waals surface area (Å²) in [4.78, 5) is 11.4. The molecular weight excluding hydrogens is 383 g/mol. The van der Waals surface area contributed by atoms with E-state index in [2.05, 4.69) is 15.0 Å². The minimum atomic E-state index is -4.69. The number of hydrogen-bond donors (Lipinski definition) is 0. The summed E-state index contributed by atoms with van der Waals surface area (Å²) in [6.45, 7) is 0. The van der Waals surface area contributed by atoms with Gasteiger partial charge in [-0.05, 0) is 36.4 Å². The Balaban J connectivity index is 1.99. The van der Waals surface area contributed by atoms with Crippen molar-refractivity contribution in [2.24, 2.45) is 0 Å². The fourth-order valence-electron chi connectivity index (χ4n) is 2.13. The molecule has 140 valence electrons. The maximum atomic E-state index is 13.2. The molecule has 0 bridgehead atoms. The van der Waals surface area contributed by atoms with Gasteiger partial charge in [-0.1, -0.05) is 0 Å². The second-order valence-corrected chi connectivity index (χ2v) is 7.51. The van der Waals surface area contributed by atoms with Crippen molar-refractivity contribution in [3.05, 3.63) is 60.6 Å². The number of nitrogens with zero attached hydrogens (tertiary/aromatic N) is 3. The zero-order chi connectivity index (χ0) is 19.7. The maximum absolute atomic E-state index is 13.2. The van der Waals surface area contributed by atoms with Gasteiger partial charge in [0.2, 0.25) is 5.88 Å². The first-order valence-corrected chi connectivity index (χ1v) is 9.37.